The van der Waals surface area contributed by atoms with Gasteiger partial charge in [0.15, 0.2) is 5.69 Å². The number of fused-ring (bicyclic) bond motifs is 5. The number of nitrogens with zero attached hydrogens (tertiary/aromatic N) is 1. The van der Waals surface area contributed by atoms with E-state index in [9.17, 15) is 4.79 Å². The highest BCUT2D eigenvalue weighted by Crippen LogP contribution is 2.67. The molecule has 0 aromatic heterocycles. The number of allylic oxidation sites excluding steroid dienone is 1. The van der Waals surface area contributed by atoms with Gasteiger partial charge in [-0.2, -0.15) is 0 Å². The molecule has 0 aliphatic heterocycles. The van der Waals surface area contributed by atoms with Crippen LogP contribution >= 0.6 is 0 Å². The fourth-order valence-corrected chi connectivity index (χ4v) is 10.1. The van der Waals surface area contributed by atoms with Gasteiger partial charge in [-0.05, 0) is 103 Å². The van der Waals surface area contributed by atoms with Crippen LogP contribution in [0, 0.1) is 52.9 Å². The summed E-state index contributed by atoms with van der Waals surface area (Å²) >= 11 is 0. The third-order valence-electron chi connectivity index (χ3n) is 12.3. The maximum Gasteiger partial charge on any atom is 0.306 e. The Bertz CT molecular complexity index is 1130. The lowest BCUT2D eigenvalue weighted by Crippen LogP contribution is -2.51. The molecule has 0 radical (unpaired) electrons. The third kappa shape index (κ3) is 5.67. The molecule has 3 heteroatoms. The van der Waals surface area contributed by atoms with E-state index in [0.717, 1.165) is 60.3 Å². The average molecular weight is 544 g/mol. The molecule has 4 aliphatic carbocycles. The molecule has 5 rings (SSSR count). The molecule has 4 aliphatic rings. The zero-order valence-electron chi connectivity index (χ0n) is 25.9. The molecule has 3 fully saturated rings. The van der Waals surface area contributed by atoms with E-state index in [1.54, 1.807) is 5.57 Å². The Hall–Kier alpha value is -2.08. The second kappa shape index (κ2) is 12.0. The van der Waals surface area contributed by atoms with Crippen molar-refractivity contribution in [2.75, 3.05) is 0 Å². The lowest BCUT2D eigenvalue weighted by Gasteiger charge is -2.58. The summed E-state index contributed by atoms with van der Waals surface area (Å²) in [6.45, 7) is 19.9. The molecular formula is C37H53NO2. The number of aryl methyl sites for hydroxylation is 1. The van der Waals surface area contributed by atoms with Crippen molar-refractivity contribution in [1.29, 1.82) is 0 Å². The lowest BCUT2D eigenvalue weighted by molar-refractivity contribution is -0.151. The maximum absolute atomic E-state index is 12.8. The van der Waals surface area contributed by atoms with Gasteiger partial charge in [-0.25, -0.2) is 4.85 Å². The first-order valence-corrected chi connectivity index (χ1v) is 16.5. The minimum atomic E-state index is -0.115. The highest BCUT2D eigenvalue weighted by Gasteiger charge is 2.59. The summed E-state index contributed by atoms with van der Waals surface area (Å²) in [5, 5.41) is 0. The van der Waals surface area contributed by atoms with Crippen LogP contribution in [0.4, 0.5) is 5.69 Å². The summed E-state index contributed by atoms with van der Waals surface area (Å²) in [5.41, 5.74) is 3.97. The van der Waals surface area contributed by atoms with Crippen LogP contribution in [0.15, 0.2) is 35.9 Å². The summed E-state index contributed by atoms with van der Waals surface area (Å²) in [6, 6.07) is 7.59. The maximum atomic E-state index is 12.8. The Morgan fingerprint density at radius 3 is 2.62 bits per heavy atom. The predicted molar refractivity (Wildman–Crippen MR) is 164 cm³/mol. The molecule has 8 atom stereocenters. The normalized spacial score (nSPS) is 35.6. The zero-order chi connectivity index (χ0) is 28.5. The van der Waals surface area contributed by atoms with Crippen LogP contribution in [0.3, 0.4) is 0 Å². The fourth-order valence-electron chi connectivity index (χ4n) is 10.1. The number of benzene rings is 1. The van der Waals surface area contributed by atoms with E-state index in [1.165, 1.54) is 51.4 Å². The van der Waals surface area contributed by atoms with Crippen LogP contribution in [-0.4, -0.2) is 12.1 Å². The molecule has 0 spiro atoms. The van der Waals surface area contributed by atoms with Crippen molar-refractivity contribution >= 4 is 11.7 Å². The average Bonchev–Trinajstić information content (AvgIpc) is 3.29. The van der Waals surface area contributed by atoms with E-state index in [2.05, 4.69) is 45.5 Å². The Kier molecular flexibility index (Phi) is 8.85. The predicted octanol–water partition coefficient (Wildman–Crippen LogP) is 10.1. The van der Waals surface area contributed by atoms with Crippen molar-refractivity contribution in [3.63, 3.8) is 0 Å². The second-order valence-electron chi connectivity index (χ2n) is 14.9. The van der Waals surface area contributed by atoms with Gasteiger partial charge in [0.1, 0.15) is 6.10 Å². The van der Waals surface area contributed by atoms with Gasteiger partial charge in [-0.15, -0.1) is 0 Å². The second-order valence-corrected chi connectivity index (χ2v) is 14.9. The fraction of sp³-hybridized carbons (Fsp3) is 0.730. The number of carbonyl (C=O) groups is 1. The molecule has 218 valence electrons. The Labute approximate surface area is 244 Å². The molecule has 40 heavy (non-hydrogen) atoms. The van der Waals surface area contributed by atoms with Crippen LogP contribution in [0.5, 0.6) is 0 Å². The van der Waals surface area contributed by atoms with Crippen LogP contribution < -0.4 is 0 Å². The first-order chi connectivity index (χ1) is 19.2. The van der Waals surface area contributed by atoms with Gasteiger partial charge in [0.05, 0.1) is 6.57 Å². The SMILES string of the molecule is [C-]#[N+]c1ccccc1CCC(=O)OC1CC[C@@]2(C)C(=CC[C@H]3[C@@H]4CC[C@H]([C@H](C)CCCC(C)C)[C@@]4(C)CC[C@@H]32)C1. The highest BCUT2D eigenvalue weighted by atomic mass is 16.5. The van der Waals surface area contributed by atoms with Crippen molar-refractivity contribution in [2.45, 2.75) is 124 Å². The van der Waals surface area contributed by atoms with E-state index < -0.39 is 0 Å². The number of hydrogen-bond donors (Lipinski definition) is 0. The van der Waals surface area contributed by atoms with Gasteiger partial charge in [0.25, 0.3) is 0 Å². The van der Waals surface area contributed by atoms with Crippen molar-refractivity contribution in [3.05, 3.63) is 52.9 Å². The molecule has 0 amide bonds. The summed E-state index contributed by atoms with van der Waals surface area (Å²) in [4.78, 5) is 16.4. The van der Waals surface area contributed by atoms with Crippen LogP contribution in [0.25, 0.3) is 4.85 Å². The van der Waals surface area contributed by atoms with Crippen molar-refractivity contribution in [3.8, 4) is 0 Å². The first-order valence-electron chi connectivity index (χ1n) is 16.5. The minimum Gasteiger partial charge on any atom is -0.462 e. The van der Waals surface area contributed by atoms with Gasteiger partial charge in [-0.1, -0.05) is 89.8 Å². The van der Waals surface area contributed by atoms with E-state index in [1.807, 2.05) is 24.3 Å². The Morgan fingerprint density at radius 2 is 1.85 bits per heavy atom. The summed E-state index contributed by atoms with van der Waals surface area (Å²) in [5.74, 6) is 4.98. The molecule has 0 N–H and O–H groups in total. The zero-order valence-corrected chi connectivity index (χ0v) is 25.9. The molecule has 0 saturated heterocycles. The van der Waals surface area contributed by atoms with Gasteiger partial charge >= 0.3 is 5.97 Å². The molecule has 3 nitrogen and oxygen atoms in total. The van der Waals surface area contributed by atoms with Gasteiger partial charge < -0.3 is 4.74 Å². The monoisotopic (exact) mass is 543 g/mol. The highest BCUT2D eigenvalue weighted by molar-refractivity contribution is 5.70. The molecule has 3 saturated carbocycles. The number of hydrogen-bond acceptors (Lipinski definition) is 2. The van der Waals surface area contributed by atoms with Crippen molar-refractivity contribution < 1.29 is 9.53 Å². The molecular weight excluding hydrogens is 490 g/mol. The topological polar surface area (TPSA) is 30.7 Å². The van der Waals surface area contributed by atoms with Gasteiger partial charge in [-0.3, -0.25) is 4.79 Å². The number of ether oxygens (including phenoxy) is 1. The molecule has 1 aromatic carbocycles. The van der Waals surface area contributed by atoms with E-state index in [-0.39, 0.29) is 17.5 Å². The van der Waals surface area contributed by atoms with Crippen molar-refractivity contribution in [2.24, 2.45) is 46.3 Å². The standard InChI is InChI=1S/C37H53NO2/c1-25(2)10-9-11-26(3)31-17-18-32-30-16-15-28-24-29(20-22-36(28,4)33(30)21-23-37(31,32)5)40-35(39)19-14-27-12-7-8-13-34(27)38-6/h7-8,12-13,15,25-26,29-33H,9-11,14,16-24H2,1-5H3/t26-,29?,30+,31-,32+,33+,36+,37-/m1/s1. The quantitative estimate of drug-likeness (QED) is 0.176. The molecule has 0 heterocycles. The Balaban J connectivity index is 1.19. The van der Waals surface area contributed by atoms with E-state index in [0.29, 0.717) is 23.9 Å². The number of carbonyl (C=O) groups excluding carboxylic acids is 1. The molecule has 0 bridgehead atoms. The number of esters is 1. The van der Waals surface area contributed by atoms with Crippen molar-refractivity contribution in [1.82, 2.24) is 0 Å². The van der Waals surface area contributed by atoms with Crippen LogP contribution in [0.1, 0.15) is 117 Å². The number of para-hydroxylation sites is 1. The molecule has 1 unspecified atom stereocenters. The van der Waals surface area contributed by atoms with Crippen LogP contribution in [0.2, 0.25) is 0 Å². The summed E-state index contributed by atoms with van der Waals surface area (Å²) in [7, 11) is 0. The number of rotatable bonds is 9. The smallest absolute Gasteiger partial charge is 0.306 e. The summed E-state index contributed by atoms with van der Waals surface area (Å²) in [6.07, 6.45) is 17.7. The lowest BCUT2D eigenvalue weighted by atomic mass is 9.47. The largest absolute Gasteiger partial charge is 0.462 e. The minimum absolute atomic E-state index is 0.0101. The van der Waals surface area contributed by atoms with Gasteiger partial charge in [0, 0.05) is 12.8 Å². The van der Waals surface area contributed by atoms with E-state index in [4.69, 9.17) is 11.3 Å². The van der Waals surface area contributed by atoms with Crippen LogP contribution in [-0.2, 0) is 16.0 Å². The van der Waals surface area contributed by atoms with E-state index >= 15 is 0 Å². The third-order valence-corrected chi connectivity index (χ3v) is 12.3. The first kappa shape index (κ1) is 29.4. The molecule has 1 aromatic rings. The summed E-state index contributed by atoms with van der Waals surface area (Å²) < 4.78 is 6.03. The van der Waals surface area contributed by atoms with Gasteiger partial charge in [0.2, 0.25) is 0 Å². The Morgan fingerprint density at radius 1 is 1.05 bits per heavy atom.